The highest BCUT2D eigenvalue weighted by Crippen LogP contribution is 2.47. The fraction of sp³-hybridized carbons (Fsp3) is 0.368. The van der Waals surface area contributed by atoms with Crippen molar-refractivity contribution in [3.05, 3.63) is 54.2 Å². The predicted molar refractivity (Wildman–Crippen MR) is 94.4 cm³/mol. The lowest BCUT2D eigenvalue weighted by Gasteiger charge is -2.18. The maximum Gasteiger partial charge on any atom is 0.319 e. The molecule has 5 nitrogen and oxygen atoms in total. The number of nitrogens with zero attached hydrogens (tertiary/aromatic N) is 1. The molecule has 0 saturated heterocycles. The van der Waals surface area contributed by atoms with Crippen LogP contribution in [0.25, 0.3) is 0 Å². The number of anilines is 1. The van der Waals surface area contributed by atoms with E-state index in [9.17, 15) is 4.79 Å². The van der Waals surface area contributed by atoms with E-state index in [1.54, 1.807) is 18.3 Å². The third-order valence-electron chi connectivity index (χ3n) is 4.19. The van der Waals surface area contributed by atoms with Crippen molar-refractivity contribution in [2.45, 2.75) is 38.2 Å². The Balaban J connectivity index is 1.59. The highest BCUT2D eigenvalue weighted by Gasteiger charge is 2.44. The van der Waals surface area contributed by atoms with Gasteiger partial charge in [0.25, 0.3) is 0 Å². The third kappa shape index (κ3) is 3.85. The second-order valence-electron chi connectivity index (χ2n) is 6.48. The number of carbonyl (C=O) groups excluding carboxylic acids is 1. The highest BCUT2D eigenvalue weighted by molar-refractivity contribution is 5.90. The number of nitrogens with one attached hydrogen (secondary N) is 2. The van der Waals surface area contributed by atoms with Crippen LogP contribution in [0.2, 0.25) is 0 Å². The van der Waals surface area contributed by atoms with Crippen molar-refractivity contribution < 1.29 is 9.53 Å². The molecule has 2 N–H and O–H groups in total. The largest absolute Gasteiger partial charge is 0.473 e. The Morgan fingerprint density at radius 2 is 1.96 bits per heavy atom. The van der Waals surface area contributed by atoms with E-state index in [2.05, 4.69) is 27.8 Å². The standard InChI is InChI=1S/C19H23N3O2/c1-14(2)24-17-16(9-6-12-20-17)22-18(23)21-13-19(10-11-19)15-7-4-3-5-8-15/h3-9,12,14H,10-11,13H2,1-2H3,(H2,21,22,23). The van der Waals surface area contributed by atoms with Crippen molar-refractivity contribution in [2.24, 2.45) is 0 Å². The second-order valence-corrected chi connectivity index (χ2v) is 6.48. The maximum atomic E-state index is 12.3. The summed E-state index contributed by atoms with van der Waals surface area (Å²) in [5, 5.41) is 5.81. The van der Waals surface area contributed by atoms with E-state index < -0.39 is 0 Å². The molecule has 0 bridgehead atoms. The van der Waals surface area contributed by atoms with Crippen molar-refractivity contribution in [1.29, 1.82) is 0 Å². The normalized spacial score (nSPS) is 15.0. The minimum absolute atomic E-state index is 0.00340. The van der Waals surface area contributed by atoms with E-state index in [1.807, 2.05) is 32.0 Å². The van der Waals surface area contributed by atoms with Gasteiger partial charge in [0, 0.05) is 18.2 Å². The number of hydrogen-bond acceptors (Lipinski definition) is 3. The van der Waals surface area contributed by atoms with Crippen LogP contribution in [0, 0.1) is 0 Å². The van der Waals surface area contributed by atoms with Gasteiger partial charge in [0.15, 0.2) is 0 Å². The average Bonchev–Trinajstić information content (AvgIpc) is 3.36. The molecule has 0 aliphatic heterocycles. The lowest BCUT2D eigenvalue weighted by molar-refractivity contribution is 0.233. The van der Waals surface area contributed by atoms with Crippen LogP contribution in [0.3, 0.4) is 0 Å². The van der Waals surface area contributed by atoms with Gasteiger partial charge in [0.1, 0.15) is 5.69 Å². The molecule has 1 saturated carbocycles. The molecule has 0 radical (unpaired) electrons. The zero-order valence-electron chi connectivity index (χ0n) is 14.1. The van der Waals surface area contributed by atoms with Crippen molar-refractivity contribution in [2.75, 3.05) is 11.9 Å². The van der Waals surface area contributed by atoms with Gasteiger partial charge in [-0.2, -0.15) is 0 Å². The highest BCUT2D eigenvalue weighted by atomic mass is 16.5. The zero-order chi connectivity index (χ0) is 17.0. The van der Waals surface area contributed by atoms with Gasteiger partial charge in [-0.25, -0.2) is 9.78 Å². The summed E-state index contributed by atoms with van der Waals surface area (Å²) in [6.07, 6.45) is 3.85. The number of aromatic nitrogens is 1. The molecule has 0 spiro atoms. The van der Waals surface area contributed by atoms with Crippen molar-refractivity contribution in [3.8, 4) is 5.88 Å². The molecule has 2 amide bonds. The molecular weight excluding hydrogens is 302 g/mol. The molecule has 1 aromatic carbocycles. The molecular formula is C19H23N3O2. The number of benzene rings is 1. The van der Waals surface area contributed by atoms with E-state index in [1.165, 1.54) is 5.56 Å². The van der Waals surface area contributed by atoms with E-state index in [4.69, 9.17) is 4.74 Å². The lowest BCUT2D eigenvalue weighted by Crippen LogP contribution is -2.35. The Kier molecular flexibility index (Phi) is 4.69. The molecule has 126 valence electrons. The van der Waals surface area contributed by atoms with E-state index in [0.717, 1.165) is 12.8 Å². The third-order valence-corrected chi connectivity index (χ3v) is 4.19. The minimum atomic E-state index is -0.237. The molecule has 5 heteroatoms. The van der Waals surface area contributed by atoms with Crippen LogP contribution in [0.5, 0.6) is 5.88 Å². The summed E-state index contributed by atoms with van der Waals surface area (Å²) < 4.78 is 5.62. The summed E-state index contributed by atoms with van der Waals surface area (Å²) in [7, 11) is 0. The smallest absolute Gasteiger partial charge is 0.319 e. The van der Waals surface area contributed by atoms with Crippen molar-refractivity contribution in [3.63, 3.8) is 0 Å². The molecule has 3 rings (SSSR count). The van der Waals surface area contributed by atoms with Crippen LogP contribution in [0.1, 0.15) is 32.3 Å². The van der Waals surface area contributed by atoms with Crippen LogP contribution >= 0.6 is 0 Å². The summed E-state index contributed by atoms with van der Waals surface area (Å²) in [5.74, 6) is 0.437. The van der Waals surface area contributed by atoms with Gasteiger partial charge in [0.2, 0.25) is 5.88 Å². The predicted octanol–water partition coefficient (Wildman–Crippen LogP) is 3.72. The van der Waals surface area contributed by atoms with Crippen LogP contribution in [0.4, 0.5) is 10.5 Å². The topological polar surface area (TPSA) is 63.2 Å². The van der Waals surface area contributed by atoms with Gasteiger partial charge in [-0.15, -0.1) is 0 Å². The molecule has 0 atom stereocenters. The second kappa shape index (κ2) is 6.91. The monoisotopic (exact) mass is 325 g/mol. The first-order valence-electron chi connectivity index (χ1n) is 8.31. The van der Waals surface area contributed by atoms with Crippen molar-refractivity contribution in [1.82, 2.24) is 10.3 Å². The Labute approximate surface area is 142 Å². The minimum Gasteiger partial charge on any atom is -0.473 e. The fourth-order valence-electron chi connectivity index (χ4n) is 2.73. The fourth-order valence-corrected chi connectivity index (χ4v) is 2.73. The molecule has 24 heavy (non-hydrogen) atoms. The van der Waals surface area contributed by atoms with Crippen LogP contribution < -0.4 is 15.4 Å². The number of rotatable bonds is 6. The number of ether oxygens (including phenoxy) is 1. The Bertz CT molecular complexity index is 697. The van der Waals surface area contributed by atoms with Crippen molar-refractivity contribution >= 4 is 11.7 Å². The Hall–Kier alpha value is -2.56. The van der Waals surface area contributed by atoms with Gasteiger partial charge in [-0.05, 0) is 44.4 Å². The SMILES string of the molecule is CC(C)Oc1ncccc1NC(=O)NCC1(c2ccccc2)CC1. The quantitative estimate of drug-likeness (QED) is 0.851. The summed E-state index contributed by atoms with van der Waals surface area (Å²) >= 11 is 0. The number of pyridine rings is 1. The first-order valence-corrected chi connectivity index (χ1v) is 8.31. The average molecular weight is 325 g/mol. The first-order chi connectivity index (χ1) is 11.6. The van der Waals surface area contributed by atoms with Gasteiger partial charge >= 0.3 is 6.03 Å². The molecule has 1 heterocycles. The molecule has 1 aliphatic rings. The van der Waals surface area contributed by atoms with Crippen LogP contribution in [-0.4, -0.2) is 23.7 Å². The Morgan fingerprint density at radius 3 is 2.62 bits per heavy atom. The van der Waals surface area contributed by atoms with Crippen LogP contribution in [0.15, 0.2) is 48.7 Å². The molecule has 1 aromatic heterocycles. The van der Waals surface area contributed by atoms with E-state index in [-0.39, 0.29) is 17.6 Å². The zero-order valence-corrected chi connectivity index (χ0v) is 14.1. The summed E-state index contributed by atoms with van der Waals surface area (Å²) in [4.78, 5) is 16.4. The number of hydrogen-bond donors (Lipinski definition) is 2. The maximum absolute atomic E-state index is 12.3. The van der Waals surface area contributed by atoms with E-state index >= 15 is 0 Å². The number of urea groups is 1. The van der Waals surface area contributed by atoms with Gasteiger partial charge < -0.3 is 15.4 Å². The molecule has 0 unspecified atom stereocenters. The van der Waals surface area contributed by atoms with Gasteiger partial charge in [-0.3, -0.25) is 0 Å². The number of carbonyl (C=O) groups is 1. The summed E-state index contributed by atoms with van der Waals surface area (Å²) in [6.45, 7) is 4.48. The number of amides is 2. The van der Waals surface area contributed by atoms with Crippen LogP contribution in [-0.2, 0) is 5.41 Å². The van der Waals surface area contributed by atoms with Gasteiger partial charge in [-0.1, -0.05) is 30.3 Å². The molecule has 1 aliphatic carbocycles. The summed E-state index contributed by atoms with van der Waals surface area (Å²) in [6, 6.07) is 13.7. The first kappa shape index (κ1) is 16.3. The molecule has 2 aromatic rings. The lowest BCUT2D eigenvalue weighted by atomic mass is 9.96. The summed E-state index contributed by atoms with van der Waals surface area (Å²) in [5.41, 5.74) is 1.95. The van der Waals surface area contributed by atoms with Gasteiger partial charge in [0.05, 0.1) is 6.10 Å². The molecule has 1 fully saturated rings. The Morgan fingerprint density at radius 1 is 1.21 bits per heavy atom. The van der Waals surface area contributed by atoms with E-state index in [0.29, 0.717) is 18.1 Å².